The van der Waals surface area contributed by atoms with Crippen molar-refractivity contribution < 1.29 is 0 Å². The summed E-state index contributed by atoms with van der Waals surface area (Å²) in [6.45, 7) is 0. The van der Waals surface area contributed by atoms with Gasteiger partial charge in [-0.1, -0.05) is 60.7 Å². The molecule has 0 heterocycles. The first-order valence-electron chi connectivity index (χ1n) is 5.98. The average Bonchev–Trinajstić information content (AvgIpc) is 2.30. The fraction of sp³-hybridized carbons (Fsp3) is 0.250. The minimum Gasteiger partial charge on any atom is -0.0761 e. The van der Waals surface area contributed by atoms with Crippen molar-refractivity contribution in [3.05, 3.63) is 71.8 Å². The third kappa shape index (κ3) is 0.824. The van der Waals surface area contributed by atoms with Crippen molar-refractivity contribution >= 4 is 0 Å². The van der Waals surface area contributed by atoms with E-state index in [1.807, 2.05) is 0 Å². The van der Waals surface area contributed by atoms with E-state index in [2.05, 4.69) is 60.7 Å². The van der Waals surface area contributed by atoms with Crippen LogP contribution in [0, 0.1) is 10.8 Å². The summed E-state index contributed by atoms with van der Waals surface area (Å²) in [4.78, 5) is 0. The summed E-state index contributed by atoms with van der Waals surface area (Å²) < 4.78 is 0. The zero-order valence-corrected chi connectivity index (χ0v) is 9.19. The Balaban J connectivity index is 1.93. The molecule has 0 saturated carbocycles. The number of fused-ring (bicyclic) bond motifs is 1. The predicted molar refractivity (Wildman–Crippen MR) is 66.1 cm³/mol. The Kier molecular flexibility index (Phi) is 1.38. The molecule has 1 aromatic carbocycles. The molecule has 0 aromatic heterocycles. The lowest BCUT2D eigenvalue weighted by Gasteiger charge is -2.55. The molecule has 0 unspecified atom stereocenters. The Morgan fingerprint density at radius 2 is 1.19 bits per heavy atom. The maximum absolute atomic E-state index is 2.39. The second-order valence-corrected chi connectivity index (χ2v) is 5.25. The first-order chi connectivity index (χ1) is 7.84. The highest BCUT2D eigenvalue weighted by Gasteiger charge is 2.53. The van der Waals surface area contributed by atoms with Crippen LogP contribution in [0.15, 0.2) is 60.7 Å². The lowest BCUT2D eigenvalue weighted by Crippen LogP contribution is -2.50. The van der Waals surface area contributed by atoms with Crippen molar-refractivity contribution in [3.63, 3.8) is 0 Å². The smallest absolute Gasteiger partial charge is 0.0234 e. The van der Waals surface area contributed by atoms with Crippen molar-refractivity contribution in [3.8, 4) is 0 Å². The largest absolute Gasteiger partial charge is 0.0761 e. The van der Waals surface area contributed by atoms with Gasteiger partial charge < -0.3 is 0 Å². The lowest BCUT2D eigenvalue weighted by atomic mass is 9.47. The molecule has 0 saturated heterocycles. The fourth-order valence-corrected chi connectivity index (χ4v) is 3.48. The normalized spacial score (nSPS) is 37.2. The van der Waals surface area contributed by atoms with E-state index >= 15 is 0 Å². The Bertz CT molecular complexity index is 498. The quantitative estimate of drug-likeness (QED) is 0.570. The minimum absolute atomic E-state index is 0.288. The number of allylic oxidation sites excluding steroid dienone is 6. The summed E-state index contributed by atoms with van der Waals surface area (Å²) >= 11 is 0. The zero-order valence-electron chi connectivity index (χ0n) is 9.19. The van der Waals surface area contributed by atoms with E-state index in [4.69, 9.17) is 0 Å². The van der Waals surface area contributed by atoms with Crippen LogP contribution in [0.2, 0.25) is 0 Å². The maximum Gasteiger partial charge on any atom is 0.0234 e. The molecule has 0 nitrogen and oxygen atoms in total. The van der Waals surface area contributed by atoms with Crippen LogP contribution in [-0.2, 0) is 12.8 Å². The molecule has 0 spiro atoms. The summed E-state index contributed by atoms with van der Waals surface area (Å²) in [6, 6.07) is 8.89. The summed E-state index contributed by atoms with van der Waals surface area (Å²) in [5, 5.41) is 0. The van der Waals surface area contributed by atoms with Crippen LogP contribution in [0.25, 0.3) is 0 Å². The van der Waals surface area contributed by atoms with Crippen LogP contribution < -0.4 is 0 Å². The molecule has 16 heavy (non-hydrogen) atoms. The third-order valence-corrected chi connectivity index (χ3v) is 4.53. The summed E-state index contributed by atoms with van der Waals surface area (Å²) in [6.07, 6.45) is 16.3. The average molecular weight is 206 g/mol. The molecule has 4 rings (SSSR count). The van der Waals surface area contributed by atoms with Gasteiger partial charge in [0.25, 0.3) is 0 Å². The van der Waals surface area contributed by atoms with Crippen LogP contribution in [0.4, 0.5) is 0 Å². The van der Waals surface area contributed by atoms with Gasteiger partial charge in [-0.15, -0.1) is 0 Å². The number of benzene rings is 1. The van der Waals surface area contributed by atoms with Gasteiger partial charge in [-0.05, 0) is 24.0 Å². The highest BCUT2D eigenvalue weighted by atomic mass is 14.6. The van der Waals surface area contributed by atoms with Gasteiger partial charge >= 0.3 is 0 Å². The SMILES string of the molecule is C1=C[C@]23C=C[C@]2(C=C1)Cc1ccccc1C3. The molecule has 0 bridgehead atoms. The molecule has 0 N–H and O–H groups in total. The molecular formula is C16H14. The van der Waals surface area contributed by atoms with Crippen molar-refractivity contribution in [1.29, 1.82) is 0 Å². The van der Waals surface area contributed by atoms with E-state index < -0.39 is 0 Å². The van der Waals surface area contributed by atoms with E-state index in [1.165, 1.54) is 24.0 Å². The van der Waals surface area contributed by atoms with Gasteiger partial charge in [0.1, 0.15) is 0 Å². The lowest BCUT2D eigenvalue weighted by molar-refractivity contribution is 0.192. The third-order valence-electron chi connectivity index (χ3n) is 4.53. The molecule has 0 heteroatoms. The van der Waals surface area contributed by atoms with Crippen molar-refractivity contribution in [2.45, 2.75) is 12.8 Å². The highest BCUT2D eigenvalue weighted by molar-refractivity contribution is 5.50. The molecule has 2 atom stereocenters. The van der Waals surface area contributed by atoms with E-state index in [1.54, 1.807) is 0 Å². The molecule has 3 aliphatic rings. The van der Waals surface area contributed by atoms with Gasteiger partial charge in [0.15, 0.2) is 0 Å². The monoisotopic (exact) mass is 206 g/mol. The highest BCUT2D eigenvalue weighted by Crippen LogP contribution is 2.60. The van der Waals surface area contributed by atoms with Crippen LogP contribution in [0.3, 0.4) is 0 Å². The zero-order chi connectivity index (χ0) is 10.6. The van der Waals surface area contributed by atoms with Crippen LogP contribution in [-0.4, -0.2) is 0 Å². The maximum atomic E-state index is 2.39. The summed E-state index contributed by atoms with van der Waals surface area (Å²) in [7, 11) is 0. The van der Waals surface area contributed by atoms with Gasteiger partial charge in [0.05, 0.1) is 0 Å². The second kappa shape index (κ2) is 2.57. The molecule has 1 aromatic rings. The molecule has 0 amide bonds. The van der Waals surface area contributed by atoms with Crippen LogP contribution in [0.5, 0.6) is 0 Å². The molecule has 0 fully saturated rings. The Hall–Kier alpha value is -1.56. The molecular weight excluding hydrogens is 192 g/mol. The summed E-state index contributed by atoms with van der Waals surface area (Å²) in [5.41, 5.74) is 3.64. The Morgan fingerprint density at radius 1 is 0.688 bits per heavy atom. The van der Waals surface area contributed by atoms with Crippen LogP contribution in [0.1, 0.15) is 11.1 Å². The number of hydrogen-bond donors (Lipinski definition) is 0. The molecule has 3 aliphatic carbocycles. The van der Waals surface area contributed by atoms with Gasteiger partial charge in [0, 0.05) is 10.8 Å². The standard InChI is InChI=1S/C16H14/c1-2-6-14-12-16-8-4-3-7-15(16,9-10-16)11-13(14)5-1/h1-10H,11-12H2/t15-,16-/m1/s1. The van der Waals surface area contributed by atoms with Crippen molar-refractivity contribution in [2.24, 2.45) is 10.8 Å². The van der Waals surface area contributed by atoms with E-state index in [0.29, 0.717) is 0 Å². The van der Waals surface area contributed by atoms with Gasteiger partial charge in [-0.2, -0.15) is 0 Å². The van der Waals surface area contributed by atoms with Gasteiger partial charge in [-0.3, -0.25) is 0 Å². The van der Waals surface area contributed by atoms with E-state index in [9.17, 15) is 0 Å². The van der Waals surface area contributed by atoms with Crippen LogP contribution >= 0.6 is 0 Å². The first kappa shape index (κ1) is 8.58. The van der Waals surface area contributed by atoms with Crippen molar-refractivity contribution in [2.75, 3.05) is 0 Å². The predicted octanol–water partition coefficient (Wildman–Crippen LogP) is 3.45. The minimum atomic E-state index is 0.288. The molecule has 0 aliphatic heterocycles. The van der Waals surface area contributed by atoms with Gasteiger partial charge in [0.2, 0.25) is 0 Å². The van der Waals surface area contributed by atoms with E-state index in [0.717, 1.165) is 0 Å². The van der Waals surface area contributed by atoms with Crippen molar-refractivity contribution in [1.82, 2.24) is 0 Å². The Labute approximate surface area is 96.0 Å². The summed E-state index contributed by atoms with van der Waals surface area (Å²) in [5.74, 6) is 0. The van der Waals surface area contributed by atoms with Gasteiger partial charge in [-0.25, -0.2) is 0 Å². The Morgan fingerprint density at radius 3 is 1.62 bits per heavy atom. The molecule has 0 radical (unpaired) electrons. The molecule has 78 valence electrons. The number of hydrogen-bond acceptors (Lipinski definition) is 0. The second-order valence-electron chi connectivity index (χ2n) is 5.25. The van der Waals surface area contributed by atoms with E-state index in [-0.39, 0.29) is 10.8 Å². The number of rotatable bonds is 0. The topological polar surface area (TPSA) is 0 Å². The fourth-order valence-electron chi connectivity index (χ4n) is 3.48. The first-order valence-corrected chi connectivity index (χ1v) is 5.98.